The van der Waals surface area contributed by atoms with Crippen LogP contribution >= 0.6 is 15.9 Å². The minimum absolute atomic E-state index is 0.551. The second kappa shape index (κ2) is 6.22. The zero-order valence-corrected chi connectivity index (χ0v) is 12.8. The molecule has 0 atom stereocenters. The molecule has 2 nitrogen and oxygen atoms in total. The van der Waals surface area contributed by atoms with Crippen molar-refractivity contribution in [1.82, 2.24) is 0 Å². The molecule has 3 heteroatoms. The molecule has 0 saturated carbocycles. The Bertz CT molecular complexity index is 581. The lowest BCUT2D eigenvalue weighted by atomic mass is 10.1. The molecule has 0 heterocycles. The quantitative estimate of drug-likeness (QED) is 0.920. The molecule has 0 bridgehead atoms. The van der Waals surface area contributed by atoms with Crippen molar-refractivity contribution >= 4 is 15.9 Å². The topological polar surface area (TPSA) is 35.2 Å². The Morgan fingerprint density at radius 2 is 1.89 bits per heavy atom. The highest BCUT2D eigenvalue weighted by molar-refractivity contribution is 9.10. The highest BCUT2D eigenvalue weighted by Gasteiger charge is 2.04. The number of hydrogen-bond acceptors (Lipinski definition) is 2. The molecule has 0 aliphatic heterocycles. The second-order valence-electron chi connectivity index (χ2n) is 4.69. The van der Waals surface area contributed by atoms with Gasteiger partial charge in [0.1, 0.15) is 12.4 Å². The lowest BCUT2D eigenvalue weighted by Gasteiger charge is -2.11. The van der Waals surface area contributed by atoms with E-state index in [1.54, 1.807) is 0 Å². The highest BCUT2D eigenvalue weighted by atomic mass is 79.9. The molecule has 2 aromatic rings. The highest BCUT2D eigenvalue weighted by Crippen LogP contribution is 2.23. The summed E-state index contributed by atoms with van der Waals surface area (Å²) in [5.41, 5.74) is 10.3. The van der Waals surface area contributed by atoms with Crippen molar-refractivity contribution in [3.05, 3.63) is 63.1 Å². The van der Waals surface area contributed by atoms with Crippen LogP contribution in [0.3, 0.4) is 0 Å². The van der Waals surface area contributed by atoms with Gasteiger partial charge < -0.3 is 10.5 Å². The maximum atomic E-state index is 5.87. The van der Waals surface area contributed by atoms with Gasteiger partial charge >= 0.3 is 0 Å². The molecule has 2 aromatic carbocycles. The van der Waals surface area contributed by atoms with Crippen molar-refractivity contribution in [3.8, 4) is 5.75 Å². The number of benzene rings is 2. The fourth-order valence-corrected chi connectivity index (χ4v) is 2.49. The van der Waals surface area contributed by atoms with Gasteiger partial charge in [0.05, 0.1) is 0 Å². The molecule has 0 saturated heterocycles. The zero-order chi connectivity index (χ0) is 13.8. The van der Waals surface area contributed by atoms with Crippen LogP contribution in [0.5, 0.6) is 5.75 Å². The molecular formula is C16H18BrNO. The van der Waals surface area contributed by atoms with Gasteiger partial charge in [-0.05, 0) is 37.1 Å². The first-order valence-corrected chi connectivity index (χ1v) is 7.07. The largest absolute Gasteiger partial charge is 0.489 e. The van der Waals surface area contributed by atoms with Crippen LogP contribution in [0.25, 0.3) is 0 Å². The third-order valence-corrected chi connectivity index (χ3v) is 3.80. The van der Waals surface area contributed by atoms with E-state index in [1.807, 2.05) is 18.2 Å². The number of aryl methyl sites for hydroxylation is 2. The minimum Gasteiger partial charge on any atom is -0.489 e. The first-order valence-electron chi connectivity index (χ1n) is 6.27. The van der Waals surface area contributed by atoms with Crippen molar-refractivity contribution < 1.29 is 4.74 Å². The van der Waals surface area contributed by atoms with E-state index < -0.39 is 0 Å². The summed E-state index contributed by atoms with van der Waals surface area (Å²) < 4.78 is 6.91. The summed E-state index contributed by atoms with van der Waals surface area (Å²) in [5.74, 6) is 0.931. The van der Waals surface area contributed by atoms with Crippen molar-refractivity contribution in [2.24, 2.45) is 5.73 Å². The first kappa shape index (κ1) is 14.1. The third kappa shape index (κ3) is 3.58. The summed E-state index contributed by atoms with van der Waals surface area (Å²) in [6.45, 7) is 5.25. The fourth-order valence-electron chi connectivity index (χ4n) is 1.95. The summed E-state index contributed by atoms with van der Waals surface area (Å²) in [5, 5.41) is 0. The summed E-state index contributed by atoms with van der Waals surface area (Å²) in [6, 6.07) is 12.3. The predicted octanol–water partition coefficient (Wildman–Crippen LogP) is 4.10. The van der Waals surface area contributed by atoms with Crippen molar-refractivity contribution in [3.63, 3.8) is 0 Å². The van der Waals surface area contributed by atoms with Crippen LogP contribution < -0.4 is 10.5 Å². The summed E-state index contributed by atoms with van der Waals surface area (Å²) >= 11 is 3.56. The molecule has 100 valence electrons. The summed E-state index contributed by atoms with van der Waals surface area (Å²) in [6.07, 6.45) is 0. The number of nitrogens with two attached hydrogens (primary N) is 1. The maximum absolute atomic E-state index is 5.87. The lowest BCUT2D eigenvalue weighted by Crippen LogP contribution is -2.01. The number of rotatable bonds is 4. The molecule has 0 spiro atoms. The second-order valence-corrected chi connectivity index (χ2v) is 5.54. The van der Waals surface area contributed by atoms with Gasteiger partial charge in [0.2, 0.25) is 0 Å². The molecule has 0 fully saturated rings. The molecule has 0 unspecified atom stereocenters. The van der Waals surface area contributed by atoms with Gasteiger partial charge in [-0.15, -0.1) is 0 Å². The third-order valence-electron chi connectivity index (χ3n) is 3.07. The van der Waals surface area contributed by atoms with E-state index in [-0.39, 0.29) is 0 Å². The standard InChI is InChI=1S/C16H18BrNO/c1-11-3-6-16(12(2)7-11)19-10-14-5-4-13(9-18)8-15(14)17/h3-8H,9-10,18H2,1-2H3. The van der Waals surface area contributed by atoms with Gasteiger partial charge in [-0.25, -0.2) is 0 Å². The Kier molecular flexibility index (Phi) is 4.61. The van der Waals surface area contributed by atoms with E-state index >= 15 is 0 Å². The van der Waals surface area contributed by atoms with Crippen LogP contribution in [-0.4, -0.2) is 0 Å². The van der Waals surface area contributed by atoms with E-state index in [0.717, 1.165) is 26.9 Å². The Morgan fingerprint density at radius 3 is 2.53 bits per heavy atom. The van der Waals surface area contributed by atoms with E-state index in [4.69, 9.17) is 10.5 Å². The molecule has 0 radical (unpaired) electrons. The van der Waals surface area contributed by atoms with Gasteiger partial charge in [0.25, 0.3) is 0 Å². The van der Waals surface area contributed by atoms with Crippen LogP contribution in [0.4, 0.5) is 0 Å². The Morgan fingerprint density at radius 1 is 1.11 bits per heavy atom. The molecule has 2 N–H and O–H groups in total. The van der Waals surface area contributed by atoms with Gasteiger partial charge in [-0.3, -0.25) is 0 Å². The average Bonchev–Trinajstić information content (AvgIpc) is 2.39. The molecule has 0 amide bonds. The zero-order valence-electron chi connectivity index (χ0n) is 11.2. The van der Waals surface area contributed by atoms with Crippen molar-refractivity contribution in [2.75, 3.05) is 0 Å². The van der Waals surface area contributed by atoms with Crippen LogP contribution in [-0.2, 0) is 13.2 Å². The van der Waals surface area contributed by atoms with Crippen molar-refractivity contribution in [1.29, 1.82) is 0 Å². The predicted molar refractivity (Wildman–Crippen MR) is 82.3 cm³/mol. The fraction of sp³-hybridized carbons (Fsp3) is 0.250. The van der Waals surface area contributed by atoms with E-state index in [9.17, 15) is 0 Å². The SMILES string of the molecule is Cc1ccc(OCc2ccc(CN)cc2Br)c(C)c1. The van der Waals surface area contributed by atoms with E-state index in [1.165, 1.54) is 5.56 Å². The molecular weight excluding hydrogens is 302 g/mol. The number of hydrogen-bond donors (Lipinski definition) is 1. The molecule has 2 rings (SSSR count). The van der Waals surface area contributed by atoms with Gasteiger partial charge in [-0.2, -0.15) is 0 Å². The molecule has 19 heavy (non-hydrogen) atoms. The van der Waals surface area contributed by atoms with E-state index in [2.05, 4.69) is 48.0 Å². The monoisotopic (exact) mass is 319 g/mol. The van der Waals surface area contributed by atoms with Gasteiger partial charge in [-0.1, -0.05) is 45.8 Å². The van der Waals surface area contributed by atoms with Crippen molar-refractivity contribution in [2.45, 2.75) is 27.0 Å². The lowest BCUT2D eigenvalue weighted by molar-refractivity contribution is 0.303. The number of ether oxygens (including phenoxy) is 1. The minimum atomic E-state index is 0.551. The Balaban J connectivity index is 2.10. The first-order chi connectivity index (χ1) is 9.10. The Labute approximate surface area is 122 Å². The van der Waals surface area contributed by atoms with Crippen LogP contribution in [0, 0.1) is 13.8 Å². The number of halogens is 1. The van der Waals surface area contributed by atoms with E-state index in [0.29, 0.717) is 13.2 Å². The molecule has 0 aromatic heterocycles. The summed E-state index contributed by atoms with van der Waals surface area (Å²) in [7, 11) is 0. The average molecular weight is 320 g/mol. The van der Waals surface area contributed by atoms with Gasteiger partial charge in [0.15, 0.2) is 0 Å². The maximum Gasteiger partial charge on any atom is 0.122 e. The van der Waals surface area contributed by atoms with Gasteiger partial charge in [0, 0.05) is 16.6 Å². The van der Waals surface area contributed by atoms with Crippen LogP contribution in [0.2, 0.25) is 0 Å². The normalized spacial score (nSPS) is 10.5. The van der Waals surface area contributed by atoms with Crippen LogP contribution in [0.15, 0.2) is 40.9 Å². The smallest absolute Gasteiger partial charge is 0.122 e. The summed E-state index contributed by atoms with van der Waals surface area (Å²) in [4.78, 5) is 0. The Hall–Kier alpha value is -1.32. The van der Waals surface area contributed by atoms with Crippen LogP contribution in [0.1, 0.15) is 22.3 Å². The molecule has 0 aliphatic rings. The molecule has 0 aliphatic carbocycles.